The van der Waals surface area contributed by atoms with Crippen molar-refractivity contribution in [1.29, 1.82) is 0 Å². The number of halogens is 2. The van der Waals surface area contributed by atoms with Gasteiger partial charge in [-0.3, -0.25) is 4.79 Å². The van der Waals surface area contributed by atoms with Crippen LogP contribution in [0.4, 0.5) is 0 Å². The van der Waals surface area contributed by atoms with Crippen LogP contribution in [0.5, 0.6) is 0 Å². The largest absolute Gasteiger partial charge is 0.377 e. The second kappa shape index (κ2) is 4.50. The normalized spacial score (nSPS) is 10.1. The maximum atomic E-state index is 10.7. The first kappa shape index (κ1) is 10.4. The average molecular weight is 221 g/mol. The van der Waals surface area contributed by atoms with Crippen molar-refractivity contribution in [2.24, 2.45) is 0 Å². The van der Waals surface area contributed by atoms with E-state index >= 15 is 0 Å². The maximum absolute atomic E-state index is 10.7. The van der Waals surface area contributed by atoms with E-state index in [4.69, 9.17) is 27.9 Å². The second-order valence-corrected chi connectivity index (χ2v) is 2.90. The highest BCUT2D eigenvalue weighted by atomic mass is 35.5. The summed E-state index contributed by atoms with van der Waals surface area (Å²) in [5.41, 5.74) is 0.100. The molecule has 4 nitrogen and oxygen atoms in total. The van der Waals surface area contributed by atoms with E-state index in [0.717, 1.165) is 0 Å². The number of hydrogen-bond donors (Lipinski definition) is 0. The molecule has 0 radical (unpaired) electrons. The minimum atomic E-state index is -0.672. The van der Waals surface area contributed by atoms with E-state index in [0.29, 0.717) is 5.82 Å². The van der Waals surface area contributed by atoms with Gasteiger partial charge in [-0.25, -0.2) is 9.97 Å². The summed E-state index contributed by atoms with van der Waals surface area (Å²) < 4.78 is 4.78. The Bertz CT molecular complexity index is 330. The van der Waals surface area contributed by atoms with Gasteiger partial charge in [-0.05, 0) is 11.6 Å². The predicted molar refractivity (Wildman–Crippen MR) is 47.9 cm³/mol. The minimum absolute atomic E-state index is 0.0436. The van der Waals surface area contributed by atoms with Crippen molar-refractivity contribution < 1.29 is 9.53 Å². The molecular weight excluding hydrogens is 215 g/mol. The number of carbonyl (C=O) groups is 1. The number of hydrogen-bond acceptors (Lipinski definition) is 4. The van der Waals surface area contributed by atoms with Crippen molar-refractivity contribution in [1.82, 2.24) is 9.97 Å². The third-order valence-corrected chi connectivity index (χ3v) is 1.77. The van der Waals surface area contributed by atoms with Crippen LogP contribution in [0, 0.1) is 0 Å². The first-order valence-corrected chi connectivity index (χ1v) is 4.11. The van der Waals surface area contributed by atoms with Gasteiger partial charge in [0.15, 0.2) is 5.82 Å². The Morgan fingerprint density at radius 3 is 2.85 bits per heavy atom. The standard InChI is InChI=1S/C7H6Cl2N2O2/c1-13-3-5-10-2-4(7(9)12)6(8)11-5/h2H,3H2,1H3. The van der Waals surface area contributed by atoms with Gasteiger partial charge in [0.1, 0.15) is 11.8 Å². The van der Waals surface area contributed by atoms with Gasteiger partial charge in [0.05, 0.1) is 5.56 Å². The fourth-order valence-electron chi connectivity index (χ4n) is 0.725. The van der Waals surface area contributed by atoms with Crippen molar-refractivity contribution in [2.45, 2.75) is 6.61 Å². The molecule has 0 aliphatic carbocycles. The van der Waals surface area contributed by atoms with E-state index in [1.54, 1.807) is 0 Å². The number of aromatic nitrogens is 2. The number of methoxy groups -OCH3 is 1. The molecule has 1 aromatic rings. The molecule has 0 saturated heterocycles. The summed E-state index contributed by atoms with van der Waals surface area (Å²) in [6.07, 6.45) is 1.28. The predicted octanol–water partition coefficient (Wildman–Crippen LogP) is 1.66. The van der Waals surface area contributed by atoms with Crippen molar-refractivity contribution in [3.05, 3.63) is 22.7 Å². The number of carbonyl (C=O) groups excluding carboxylic acids is 1. The molecule has 0 amide bonds. The van der Waals surface area contributed by atoms with Crippen molar-refractivity contribution >= 4 is 28.4 Å². The summed E-state index contributed by atoms with van der Waals surface area (Å²) in [6, 6.07) is 0. The van der Waals surface area contributed by atoms with E-state index in [2.05, 4.69) is 9.97 Å². The summed E-state index contributed by atoms with van der Waals surface area (Å²) in [5.74, 6) is 0.411. The Hall–Kier alpha value is -0.710. The number of ether oxygens (including phenoxy) is 1. The summed E-state index contributed by atoms with van der Waals surface area (Å²) in [7, 11) is 1.51. The van der Waals surface area contributed by atoms with E-state index < -0.39 is 5.24 Å². The molecule has 0 aliphatic heterocycles. The van der Waals surface area contributed by atoms with Crippen LogP contribution in [0.3, 0.4) is 0 Å². The molecule has 13 heavy (non-hydrogen) atoms. The fraction of sp³-hybridized carbons (Fsp3) is 0.286. The molecule has 6 heteroatoms. The fourth-order valence-corrected chi connectivity index (χ4v) is 1.14. The minimum Gasteiger partial charge on any atom is -0.377 e. The lowest BCUT2D eigenvalue weighted by Gasteiger charge is -2.00. The van der Waals surface area contributed by atoms with Crippen LogP contribution >= 0.6 is 23.2 Å². The molecule has 1 aromatic heterocycles. The van der Waals surface area contributed by atoms with Crippen LogP contribution in [0.1, 0.15) is 16.2 Å². The molecule has 1 heterocycles. The number of nitrogens with zero attached hydrogens (tertiary/aromatic N) is 2. The summed E-state index contributed by atoms with van der Waals surface area (Å²) in [6.45, 7) is 0.247. The summed E-state index contributed by atoms with van der Waals surface area (Å²) in [5, 5.41) is -0.629. The summed E-state index contributed by atoms with van der Waals surface area (Å²) >= 11 is 10.9. The topological polar surface area (TPSA) is 52.1 Å². The molecule has 0 aromatic carbocycles. The monoisotopic (exact) mass is 220 g/mol. The highest BCUT2D eigenvalue weighted by molar-refractivity contribution is 6.68. The zero-order chi connectivity index (χ0) is 9.84. The smallest absolute Gasteiger partial charge is 0.257 e. The zero-order valence-electron chi connectivity index (χ0n) is 6.75. The van der Waals surface area contributed by atoms with E-state index in [-0.39, 0.29) is 17.3 Å². The van der Waals surface area contributed by atoms with Crippen LogP contribution in [0.2, 0.25) is 5.15 Å². The van der Waals surface area contributed by atoms with Crippen LogP contribution < -0.4 is 0 Å². The van der Waals surface area contributed by atoms with Crippen LogP contribution in [0.15, 0.2) is 6.20 Å². The van der Waals surface area contributed by atoms with Gasteiger partial charge in [-0.2, -0.15) is 0 Å². The van der Waals surface area contributed by atoms with Gasteiger partial charge in [-0.15, -0.1) is 0 Å². The second-order valence-electron chi connectivity index (χ2n) is 2.20. The van der Waals surface area contributed by atoms with E-state index in [9.17, 15) is 4.79 Å². The highest BCUT2D eigenvalue weighted by Crippen LogP contribution is 2.14. The van der Waals surface area contributed by atoms with Crippen LogP contribution in [-0.4, -0.2) is 22.3 Å². The van der Waals surface area contributed by atoms with Gasteiger partial charge in [0.2, 0.25) is 0 Å². The average Bonchev–Trinajstić information content (AvgIpc) is 2.04. The highest BCUT2D eigenvalue weighted by Gasteiger charge is 2.10. The molecule has 0 N–H and O–H groups in total. The molecule has 0 unspecified atom stereocenters. The molecule has 70 valence electrons. The van der Waals surface area contributed by atoms with Crippen molar-refractivity contribution in [3.63, 3.8) is 0 Å². The number of rotatable bonds is 3. The first-order chi connectivity index (χ1) is 6.15. The summed E-state index contributed by atoms with van der Waals surface area (Å²) in [4.78, 5) is 18.3. The Balaban J connectivity index is 2.98. The van der Waals surface area contributed by atoms with Gasteiger partial charge >= 0.3 is 0 Å². The Morgan fingerprint density at radius 1 is 1.69 bits per heavy atom. The van der Waals surface area contributed by atoms with Gasteiger partial charge in [0.25, 0.3) is 5.24 Å². The molecule has 0 bridgehead atoms. The lowest BCUT2D eigenvalue weighted by atomic mass is 10.4. The molecule has 0 atom stereocenters. The molecule has 0 spiro atoms. The molecular formula is C7H6Cl2N2O2. The molecule has 0 saturated carbocycles. The SMILES string of the molecule is COCc1ncc(C(=O)Cl)c(Cl)n1. The van der Waals surface area contributed by atoms with Gasteiger partial charge in [0, 0.05) is 13.3 Å². The Morgan fingerprint density at radius 2 is 2.38 bits per heavy atom. The molecule has 0 aliphatic rings. The van der Waals surface area contributed by atoms with Crippen LogP contribution in [0.25, 0.3) is 0 Å². The third kappa shape index (κ3) is 2.62. The third-order valence-electron chi connectivity index (χ3n) is 1.28. The molecule has 1 rings (SSSR count). The van der Waals surface area contributed by atoms with Crippen molar-refractivity contribution in [3.8, 4) is 0 Å². The van der Waals surface area contributed by atoms with Gasteiger partial charge < -0.3 is 4.74 Å². The first-order valence-electron chi connectivity index (χ1n) is 3.35. The van der Waals surface area contributed by atoms with Gasteiger partial charge in [-0.1, -0.05) is 11.6 Å². The van der Waals surface area contributed by atoms with Crippen molar-refractivity contribution in [2.75, 3.05) is 7.11 Å². The van der Waals surface area contributed by atoms with E-state index in [1.807, 2.05) is 0 Å². The molecule has 0 fully saturated rings. The maximum Gasteiger partial charge on any atom is 0.257 e. The lowest BCUT2D eigenvalue weighted by Crippen LogP contribution is -2.01. The lowest BCUT2D eigenvalue weighted by molar-refractivity contribution is 0.108. The Labute approximate surface area is 84.8 Å². The Kier molecular flexibility index (Phi) is 3.59. The zero-order valence-corrected chi connectivity index (χ0v) is 8.26. The van der Waals surface area contributed by atoms with E-state index in [1.165, 1.54) is 13.3 Å². The van der Waals surface area contributed by atoms with Crippen LogP contribution in [-0.2, 0) is 11.3 Å². The quantitative estimate of drug-likeness (QED) is 0.575.